The van der Waals surface area contributed by atoms with Gasteiger partial charge >= 0.3 is 16.3 Å². The third-order valence-corrected chi connectivity index (χ3v) is 6.94. The van der Waals surface area contributed by atoms with Crippen LogP contribution < -0.4 is 19.1 Å². The topological polar surface area (TPSA) is 125 Å². The number of carboxylic acid groups (broad SMARTS) is 1. The zero-order valence-electron chi connectivity index (χ0n) is 17.0. The molecular weight excluding hydrogens is 441 g/mol. The van der Waals surface area contributed by atoms with Crippen molar-refractivity contribution in [3.63, 3.8) is 0 Å². The molecule has 2 aliphatic rings. The van der Waals surface area contributed by atoms with Crippen molar-refractivity contribution in [3.8, 4) is 5.75 Å². The number of nitrogens with zero attached hydrogens (tertiary/aromatic N) is 1. The largest absolute Gasteiger partial charge is 0.487 e. The third kappa shape index (κ3) is 4.47. The number of hydrogen-bond donors (Lipinski definition) is 3. The Balaban J connectivity index is 1.72. The highest BCUT2D eigenvalue weighted by Crippen LogP contribution is 2.41. The van der Waals surface area contributed by atoms with E-state index in [1.807, 2.05) is 35.1 Å². The number of fused-ring (bicyclic) bond motifs is 1. The smallest absolute Gasteiger partial charge is 0.404 e. The number of halogens is 1. The summed E-state index contributed by atoms with van der Waals surface area (Å²) in [5, 5.41) is 11.2. The van der Waals surface area contributed by atoms with Crippen LogP contribution in [-0.4, -0.2) is 38.6 Å². The normalized spacial score (nSPS) is 19.2. The maximum Gasteiger partial charge on any atom is 0.404 e. The number of rotatable bonds is 6. The lowest BCUT2D eigenvalue weighted by Crippen LogP contribution is -2.33. The summed E-state index contributed by atoms with van der Waals surface area (Å²) < 4.78 is 49.1. The van der Waals surface area contributed by atoms with Crippen LogP contribution in [0.25, 0.3) is 0 Å². The van der Waals surface area contributed by atoms with E-state index in [1.165, 1.54) is 0 Å². The van der Waals surface area contributed by atoms with Gasteiger partial charge in [0.25, 0.3) is 5.91 Å². The van der Waals surface area contributed by atoms with Gasteiger partial charge in [0.1, 0.15) is 24.6 Å². The van der Waals surface area contributed by atoms with Crippen LogP contribution in [0.4, 0.5) is 14.9 Å². The number of nitrogens with one attached hydrogen (secondary N) is 2. The van der Waals surface area contributed by atoms with Crippen molar-refractivity contribution in [1.29, 1.82) is 0 Å². The average molecular weight is 463 g/mol. The van der Waals surface area contributed by atoms with Gasteiger partial charge in [-0.1, -0.05) is 30.3 Å². The number of ether oxygens (including phenoxy) is 1. The molecule has 0 spiro atoms. The van der Waals surface area contributed by atoms with Crippen LogP contribution >= 0.6 is 0 Å². The van der Waals surface area contributed by atoms with Crippen LogP contribution in [0.2, 0.25) is 0 Å². The van der Waals surface area contributed by atoms with E-state index in [-0.39, 0.29) is 36.9 Å². The molecule has 11 heteroatoms. The van der Waals surface area contributed by atoms with Gasteiger partial charge in [0, 0.05) is 6.54 Å². The third-order valence-electron chi connectivity index (χ3n) is 5.56. The first-order chi connectivity index (χ1) is 15.2. The average Bonchev–Trinajstić information content (AvgIpc) is 3.03. The second-order valence-electron chi connectivity index (χ2n) is 7.78. The Kier molecular flexibility index (Phi) is 5.92. The van der Waals surface area contributed by atoms with Gasteiger partial charge in [0.2, 0.25) is 0 Å². The Hall–Kier alpha value is -3.34. The van der Waals surface area contributed by atoms with Crippen LogP contribution in [0.15, 0.2) is 36.4 Å². The summed E-state index contributed by atoms with van der Waals surface area (Å²) in [5.41, 5.74) is 1.49. The van der Waals surface area contributed by atoms with Gasteiger partial charge in [-0.15, -0.1) is 0 Å². The molecule has 32 heavy (non-hydrogen) atoms. The number of carbonyl (C=O) groups excluding carboxylic acids is 1. The van der Waals surface area contributed by atoms with Gasteiger partial charge in [0.05, 0.1) is 0 Å². The van der Waals surface area contributed by atoms with Crippen LogP contribution in [0.1, 0.15) is 23.1 Å². The fraction of sp³-hybridized carbons (Fsp3) is 0.333. The molecule has 1 fully saturated rings. The highest BCUT2D eigenvalue weighted by atomic mass is 32.2. The van der Waals surface area contributed by atoms with E-state index in [9.17, 15) is 18.0 Å². The predicted octanol–water partition coefficient (Wildman–Crippen LogP) is 1.96. The van der Waals surface area contributed by atoms with Gasteiger partial charge in [-0.3, -0.25) is 4.79 Å². The monoisotopic (exact) mass is 463 g/mol. The van der Waals surface area contributed by atoms with Crippen molar-refractivity contribution in [3.05, 3.63) is 58.9 Å². The predicted molar refractivity (Wildman–Crippen MR) is 113 cm³/mol. The minimum atomic E-state index is -4.26. The minimum absolute atomic E-state index is 0.0345. The Bertz CT molecular complexity index is 1160. The molecule has 0 bridgehead atoms. The summed E-state index contributed by atoms with van der Waals surface area (Å²) in [5.74, 6) is -1.63. The highest BCUT2D eigenvalue weighted by molar-refractivity contribution is 7.92. The molecule has 2 aromatic rings. The zero-order valence-corrected chi connectivity index (χ0v) is 17.8. The zero-order chi connectivity index (χ0) is 22.9. The van der Waals surface area contributed by atoms with E-state index in [0.717, 1.165) is 5.56 Å². The van der Waals surface area contributed by atoms with E-state index in [1.54, 1.807) is 6.07 Å². The SMILES string of the molecule is O=C(O)NC[C@@H]1CCc2cc(OCc3ccccc3)c(N3CC(=O)NS3(=O)=O)c(F)c2C1. The van der Waals surface area contributed by atoms with Crippen LogP contribution in [0.5, 0.6) is 5.75 Å². The molecule has 1 aliphatic carbocycles. The Labute approximate surface area is 184 Å². The number of hydrogen-bond acceptors (Lipinski definition) is 5. The molecule has 0 aromatic heterocycles. The molecule has 0 saturated carbocycles. The molecule has 4 rings (SSSR count). The molecule has 1 heterocycles. The molecule has 170 valence electrons. The second-order valence-corrected chi connectivity index (χ2v) is 9.38. The summed E-state index contributed by atoms with van der Waals surface area (Å²) in [6.07, 6.45) is 0.216. The van der Waals surface area contributed by atoms with Gasteiger partial charge in [-0.05, 0) is 47.9 Å². The Morgan fingerprint density at radius 3 is 2.72 bits per heavy atom. The van der Waals surface area contributed by atoms with E-state index in [4.69, 9.17) is 9.84 Å². The molecular formula is C21H22FN3O6S. The fourth-order valence-electron chi connectivity index (χ4n) is 4.03. The number of aryl methyl sites for hydroxylation is 1. The lowest BCUT2D eigenvalue weighted by Gasteiger charge is -2.28. The summed E-state index contributed by atoms with van der Waals surface area (Å²) in [7, 11) is -4.26. The molecule has 3 N–H and O–H groups in total. The van der Waals surface area contributed by atoms with E-state index in [2.05, 4.69) is 5.32 Å². The first-order valence-electron chi connectivity index (χ1n) is 10.1. The van der Waals surface area contributed by atoms with Crippen LogP contribution in [0, 0.1) is 11.7 Å². The lowest BCUT2D eigenvalue weighted by molar-refractivity contribution is -0.117. The van der Waals surface area contributed by atoms with Gasteiger partial charge in [-0.25, -0.2) is 18.2 Å². The first kappa shape index (κ1) is 21.9. The fourth-order valence-corrected chi connectivity index (χ4v) is 5.19. The number of carbonyl (C=O) groups is 2. The maximum atomic E-state index is 15.8. The van der Waals surface area contributed by atoms with Gasteiger partial charge in [-0.2, -0.15) is 8.42 Å². The van der Waals surface area contributed by atoms with Gasteiger partial charge in [0.15, 0.2) is 5.82 Å². The van der Waals surface area contributed by atoms with Crippen molar-refractivity contribution >= 4 is 27.9 Å². The van der Waals surface area contributed by atoms with E-state index >= 15 is 4.39 Å². The maximum absolute atomic E-state index is 15.8. The molecule has 1 aliphatic heterocycles. The van der Waals surface area contributed by atoms with E-state index < -0.39 is 34.6 Å². The van der Waals surface area contributed by atoms with Crippen LogP contribution in [0.3, 0.4) is 0 Å². The summed E-state index contributed by atoms with van der Waals surface area (Å²) >= 11 is 0. The second kappa shape index (κ2) is 8.65. The summed E-state index contributed by atoms with van der Waals surface area (Å²) in [6.45, 7) is -0.298. The van der Waals surface area contributed by atoms with Crippen molar-refractivity contribution in [2.75, 3.05) is 17.4 Å². The number of anilines is 1. The van der Waals surface area contributed by atoms with Crippen molar-refractivity contribution in [1.82, 2.24) is 10.0 Å². The quantitative estimate of drug-likeness (QED) is 0.602. The highest BCUT2D eigenvalue weighted by Gasteiger charge is 2.39. The number of benzene rings is 2. The number of amides is 2. The van der Waals surface area contributed by atoms with E-state index in [0.29, 0.717) is 28.3 Å². The molecule has 2 amide bonds. The van der Waals surface area contributed by atoms with Crippen molar-refractivity contribution in [2.24, 2.45) is 5.92 Å². The summed E-state index contributed by atoms with van der Waals surface area (Å²) in [6, 6.07) is 10.8. The molecule has 0 radical (unpaired) electrons. The molecule has 9 nitrogen and oxygen atoms in total. The molecule has 0 unspecified atom stereocenters. The van der Waals surface area contributed by atoms with Crippen LogP contribution in [-0.2, 0) is 34.5 Å². The molecule has 2 aromatic carbocycles. The van der Waals surface area contributed by atoms with Gasteiger partial charge < -0.3 is 15.2 Å². The first-order valence-corrected chi connectivity index (χ1v) is 11.5. The lowest BCUT2D eigenvalue weighted by atomic mass is 9.83. The summed E-state index contributed by atoms with van der Waals surface area (Å²) in [4.78, 5) is 22.6. The Morgan fingerprint density at radius 2 is 2.06 bits per heavy atom. The standard InChI is InChI=1S/C21H22FN3O6S/c22-19-16-8-14(10-23-21(27)28)6-7-15(16)9-17(31-12-13-4-2-1-3-5-13)20(19)25-11-18(26)24-32(25,29)30/h1-5,9,14,23H,6-8,10-12H2,(H,24,26)(H,27,28)/t14-/m1/s1. The molecule has 1 atom stereocenters. The minimum Gasteiger partial charge on any atom is -0.487 e. The molecule has 1 saturated heterocycles. The van der Waals surface area contributed by atoms with Crippen molar-refractivity contribution < 1.29 is 32.2 Å². The van der Waals surface area contributed by atoms with Crippen molar-refractivity contribution in [2.45, 2.75) is 25.9 Å². The Morgan fingerprint density at radius 1 is 1.31 bits per heavy atom.